The Kier molecular flexibility index (Phi) is 5.69. The van der Waals surface area contributed by atoms with Gasteiger partial charge in [-0.25, -0.2) is 0 Å². The number of halogens is 2. The number of carbonyl (C=O) groups excluding carboxylic acids is 1. The van der Waals surface area contributed by atoms with Gasteiger partial charge in [-0.2, -0.15) is 0 Å². The molecule has 0 fully saturated rings. The number of amides is 1. The van der Waals surface area contributed by atoms with Crippen molar-refractivity contribution in [1.29, 1.82) is 0 Å². The molecule has 2 aromatic carbocycles. The first-order valence-corrected chi connectivity index (χ1v) is 7.76. The van der Waals surface area contributed by atoms with Crippen molar-refractivity contribution in [1.82, 2.24) is 0 Å². The van der Waals surface area contributed by atoms with Gasteiger partial charge in [0.05, 0.1) is 5.02 Å². The highest BCUT2D eigenvalue weighted by Crippen LogP contribution is 2.28. The van der Waals surface area contributed by atoms with Crippen molar-refractivity contribution in [3.8, 4) is 5.75 Å². The molecule has 0 aliphatic carbocycles. The van der Waals surface area contributed by atoms with E-state index in [0.717, 1.165) is 17.7 Å². The maximum absolute atomic E-state index is 12.2. The molecule has 0 bridgehead atoms. The maximum atomic E-state index is 12.2. The summed E-state index contributed by atoms with van der Waals surface area (Å²) in [5.41, 5.74) is 1.91. The number of aryl methyl sites for hydroxylation is 1. The standard InChI is InChI=1S/C17H17Cl2NO2/c1-3-12-5-4-6-14(9-12)20-17(21)11(2)22-16-8-7-13(18)10-15(16)19/h4-11H,3H2,1-2H3,(H,20,21)/t11-/m1/s1. The predicted molar refractivity (Wildman–Crippen MR) is 91.0 cm³/mol. The van der Waals surface area contributed by atoms with Crippen LogP contribution in [0.2, 0.25) is 10.0 Å². The molecule has 0 spiro atoms. The van der Waals surface area contributed by atoms with Gasteiger partial charge >= 0.3 is 0 Å². The number of carbonyl (C=O) groups is 1. The van der Waals surface area contributed by atoms with Gasteiger partial charge in [0.1, 0.15) is 5.75 Å². The number of hydrogen-bond acceptors (Lipinski definition) is 2. The third kappa shape index (κ3) is 4.39. The van der Waals surface area contributed by atoms with Gasteiger partial charge in [-0.1, -0.05) is 42.3 Å². The molecular formula is C17H17Cl2NO2. The molecule has 0 unspecified atom stereocenters. The highest BCUT2D eigenvalue weighted by atomic mass is 35.5. The summed E-state index contributed by atoms with van der Waals surface area (Å²) >= 11 is 11.9. The van der Waals surface area contributed by atoms with E-state index in [4.69, 9.17) is 27.9 Å². The fraction of sp³-hybridized carbons (Fsp3) is 0.235. The molecule has 0 aliphatic heterocycles. The lowest BCUT2D eigenvalue weighted by Gasteiger charge is -2.16. The van der Waals surface area contributed by atoms with Gasteiger partial charge in [0.25, 0.3) is 5.91 Å². The molecular weight excluding hydrogens is 321 g/mol. The Morgan fingerprint density at radius 2 is 2.00 bits per heavy atom. The molecule has 1 amide bonds. The molecule has 5 heteroatoms. The molecule has 1 N–H and O–H groups in total. The van der Waals surface area contributed by atoms with Crippen LogP contribution in [0, 0.1) is 0 Å². The largest absolute Gasteiger partial charge is 0.479 e. The van der Waals surface area contributed by atoms with Gasteiger partial charge in [-0.15, -0.1) is 0 Å². The van der Waals surface area contributed by atoms with Gasteiger partial charge in [0.15, 0.2) is 6.10 Å². The topological polar surface area (TPSA) is 38.3 Å². The molecule has 0 saturated heterocycles. The summed E-state index contributed by atoms with van der Waals surface area (Å²) in [6.45, 7) is 3.74. The Balaban J connectivity index is 2.02. The SMILES string of the molecule is CCc1cccc(NC(=O)[C@@H](C)Oc2ccc(Cl)cc2Cl)c1. The second kappa shape index (κ2) is 7.52. The van der Waals surface area contributed by atoms with Crippen molar-refractivity contribution in [2.45, 2.75) is 26.4 Å². The molecule has 3 nitrogen and oxygen atoms in total. The van der Waals surface area contributed by atoms with Crippen LogP contribution < -0.4 is 10.1 Å². The summed E-state index contributed by atoms with van der Waals surface area (Å²) < 4.78 is 5.59. The fourth-order valence-corrected chi connectivity index (χ4v) is 2.38. The zero-order chi connectivity index (χ0) is 16.1. The monoisotopic (exact) mass is 337 g/mol. The van der Waals surface area contributed by atoms with Gasteiger partial charge in [-0.3, -0.25) is 4.79 Å². The number of nitrogens with one attached hydrogen (secondary N) is 1. The number of anilines is 1. The fourth-order valence-electron chi connectivity index (χ4n) is 1.93. The van der Waals surface area contributed by atoms with E-state index in [9.17, 15) is 4.79 Å². The van der Waals surface area contributed by atoms with Crippen molar-refractivity contribution in [3.63, 3.8) is 0 Å². The number of benzene rings is 2. The van der Waals surface area contributed by atoms with Crippen molar-refractivity contribution in [2.75, 3.05) is 5.32 Å². The van der Waals surface area contributed by atoms with Crippen LogP contribution in [0.1, 0.15) is 19.4 Å². The molecule has 0 aromatic heterocycles. The van der Waals surface area contributed by atoms with Crippen molar-refractivity contribution in [3.05, 3.63) is 58.1 Å². The molecule has 0 heterocycles. The van der Waals surface area contributed by atoms with E-state index in [1.807, 2.05) is 24.3 Å². The minimum absolute atomic E-state index is 0.237. The van der Waals surface area contributed by atoms with Gasteiger partial charge in [-0.05, 0) is 49.2 Å². The van der Waals surface area contributed by atoms with Crippen LogP contribution in [0.4, 0.5) is 5.69 Å². The van der Waals surface area contributed by atoms with E-state index < -0.39 is 6.10 Å². The summed E-state index contributed by atoms with van der Waals surface area (Å²) in [5.74, 6) is 0.190. The highest BCUT2D eigenvalue weighted by molar-refractivity contribution is 6.35. The third-order valence-electron chi connectivity index (χ3n) is 3.17. The van der Waals surface area contributed by atoms with Crippen LogP contribution in [0.5, 0.6) is 5.75 Å². The van der Waals surface area contributed by atoms with Crippen LogP contribution in [-0.4, -0.2) is 12.0 Å². The van der Waals surface area contributed by atoms with Gasteiger partial charge < -0.3 is 10.1 Å². The molecule has 22 heavy (non-hydrogen) atoms. The van der Waals surface area contributed by atoms with Crippen LogP contribution in [0.3, 0.4) is 0 Å². The molecule has 1 atom stereocenters. The van der Waals surface area contributed by atoms with Crippen LogP contribution in [0.25, 0.3) is 0 Å². The number of ether oxygens (including phenoxy) is 1. The average Bonchev–Trinajstić information content (AvgIpc) is 2.50. The molecule has 0 radical (unpaired) electrons. The summed E-state index contributed by atoms with van der Waals surface area (Å²) in [6, 6.07) is 12.6. The first-order chi connectivity index (χ1) is 10.5. The lowest BCUT2D eigenvalue weighted by Crippen LogP contribution is -2.30. The minimum atomic E-state index is -0.677. The van der Waals surface area contributed by atoms with Crippen LogP contribution in [0.15, 0.2) is 42.5 Å². The molecule has 0 saturated carbocycles. The Morgan fingerprint density at radius 1 is 1.23 bits per heavy atom. The normalized spacial score (nSPS) is 11.8. The van der Waals surface area contributed by atoms with Gasteiger partial charge in [0, 0.05) is 10.7 Å². The van der Waals surface area contributed by atoms with Crippen molar-refractivity contribution >= 4 is 34.8 Å². The van der Waals surface area contributed by atoms with Crippen LogP contribution >= 0.6 is 23.2 Å². The maximum Gasteiger partial charge on any atom is 0.265 e. The van der Waals surface area contributed by atoms with E-state index in [1.165, 1.54) is 0 Å². The van der Waals surface area contributed by atoms with Crippen LogP contribution in [-0.2, 0) is 11.2 Å². The van der Waals surface area contributed by atoms with Crippen molar-refractivity contribution in [2.24, 2.45) is 0 Å². The van der Waals surface area contributed by atoms with Crippen molar-refractivity contribution < 1.29 is 9.53 Å². The highest BCUT2D eigenvalue weighted by Gasteiger charge is 2.16. The first-order valence-electron chi connectivity index (χ1n) is 7.01. The Labute approximate surface area is 140 Å². The van der Waals surface area contributed by atoms with E-state index in [0.29, 0.717) is 15.8 Å². The molecule has 0 aliphatic rings. The number of hydrogen-bond donors (Lipinski definition) is 1. The Bertz CT molecular complexity index is 673. The summed E-state index contributed by atoms with van der Waals surface area (Å²) in [6.07, 6.45) is 0.236. The molecule has 2 rings (SSSR count). The van der Waals surface area contributed by atoms with E-state index in [1.54, 1.807) is 25.1 Å². The summed E-state index contributed by atoms with van der Waals surface area (Å²) in [5, 5.41) is 3.73. The smallest absolute Gasteiger partial charge is 0.265 e. The van der Waals surface area contributed by atoms with Gasteiger partial charge in [0.2, 0.25) is 0 Å². The van der Waals surface area contributed by atoms with E-state index >= 15 is 0 Å². The zero-order valence-electron chi connectivity index (χ0n) is 12.4. The second-order valence-electron chi connectivity index (χ2n) is 4.88. The Hall–Kier alpha value is -1.71. The minimum Gasteiger partial charge on any atom is -0.479 e. The van der Waals surface area contributed by atoms with E-state index in [-0.39, 0.29) is 5.91 Å². The summed E-state index contributed by atoms with van der Waals surface area (Å²) in [7, 11) is 0. The second-order valence-corrected chi connectivity index (χ2v) is 5.72. The molecule has 116 valence electrons. The third-order valence-corrected chi connectivity index (χ3v) is 3.70. The Morgan fingerprint density at radius 3 is 2.68 bits per heavy atom. The molecule has 2 aromatic rings. The number of rotatable bonds is 5. The quantitative estimate of drug-likeness (QED) is 0.837. The van der Waals surface area contributed by atoms with E-state index in [2.05, 4.69) is 12.2 Å². The summed E-state index contributed by atoms with van der Waals surface area (Å²) in [4.78, 5) is 12.2. The average molecular weight is 338 g/mol. The first kappa shape index (κ1) is 16.7. The predicted octanol–water partition coefficient (Wildman–Crippen LogP) is 4.96. The zero-order valence-corrected chi connectivity index (χ0v) is 13.9. The lowest BCUT2D eigenvalue weighted by atomic mass is 10.1. The lowest BCUT2D eigenvalue weighted by molar-refractivity contribution is -0.122.